The lowest BCUT2D eigenvalue weighted by atomic mass is 9.92. The molecule has 0 aromatic rings. The van der Waals surface area contributed by atoms with E-state index < -0.39 is 35.0 Å². The molecule has 0 aromatic heterocycles. The lowest BCUT2D eigenvalue weighted by molar-refractivity contribution is -0.325. The summed E-state index contributed by atoms with van der Waals surface area (Å²) < 4.78 is 0. The molecule has 0 N–H and O–H groups in total. The molecule has 0 rings (SSSR count). The molecule has 0 bridgehead atoms. The van der Waals surface area contributed by atoms with Crippen molar-refractivity contribution in [3.05, 3.63) is 0 Å². The van der Waals surface area contributed by atoms with Crippen LogP contribution < -0.4 is 0 Å². The van der Waals surface area contributed by atoms with E-state index >= 15 is 0 Å². The van der Waals surface area contributed by atoms with Crippen molar-refractivity contribution >= 4 is 11.9 Å². The molecule has 0 aromatic carbocycles. The quantitative estimate of drug-likeness (QED) is 0.494. The Bertz CT molecular complexity index is 378. The lowest BCUT2D eigenvalue weighted by Gasteiger charge is -2.22. The largest absolute Gasteiger partial charge is 0.345 e. The third-order valence-electron chi connectivity index (χ3n) is 2.76. The molecule has 0 spiro atoms. The molecule has 0 radical (unpaired) electrons. The van der Waals surface area contributed by atoms with Gasteiger partial charge < -0.3 is 0 Å². The molecule has 0 heterocycles. The first kappa shape index (κ1) is 21.9. The molecular formula is C17H32O6. The van der Waals surface area contributed by atoms with Gasteiger partial charge in [-0.1, -0.05) is 20.3 Å². The minimum atomic E-state index is -0.572. The average Bonchev–Trinajstić information content (AvgIpc) is 2.39. The van der Waals surface area contributed by atoms with E-state index in [9.17, 15) is 9.59 Å². The minimum Gasteiger partial charge on any atom is -0.298 e. The summed E-state index contributed by atoms with van der Waals surface area (Å²) in [5.74, 6) is -1.85. The van der Waals surface area contributed by atoms with Crippen molar-refractivity contribution in [2.24, 2.45) is 11.8 Å². The van der Waals surface area contributed by atoms with Crippen molar-refractivity contribution in [3.8, 4) is 0 Å². The molecule has 0 saturated heterocycles. The van der Waals surface area contributed by atoms with Gasteiger partial charge in [0.1, 0.15) is 11.2 Å². The standard InChI is InChI=1S/C17H32O6/c1-9-10-13(15(19)21-23-17(6,7)8)11-12(2)14(18)20-22-16(3,4)5/h12-13H,9-11H2,1-8H3. The van der Waals surface area contributed by atoms with Gasteiger partial charge in [0.05, 0.1) is 11.8 Å². The highest BCUT2D eigenvalue weighted by atomic mass is 17.2. The molecule has 136 valence electrons. The van der Waals surface area contributed by atoms with Crippen molar-refractivity contribution in [3.63, 3.8) is 0 Å². The summed E-state index contributed by atoms with van der Waals surface area (Å²) in [5, 5.41) is 0. The Labute approximate surface area is 139 Å². The zero-order chi connectivity index (χ0) is 18.3. The summed E-state index contributed by atoms with van der Waals surface area (Å²) in [6.45, 7) is 14.4. The molecule has 6 heteroatoms. The fourth-order valence-corrected chi connectivity index (χ4v) is 1.69. The van der Waals surface area contributed by atoms with E-state index in [0.29, 0.717) is 12.8 Å². The Balaban J connectivity index is 4.55. The van der Waals surface area contributed by atoms with E-state index in [0.717, 1.165) is 6.42 Å². The summed E-state index contributed by atoms with van der Waals surface area (Å²) in [4.78, 5) is 43.9. The van der Waals surface area contributed by atoms with Crippen LogP contribution in [0.15, 0.2) is 0 Å². The fourth-order valence-electron chi connectivity index (χ4n) is 1.69. The van der Waals surface area contributed by atoms with E-state index in [1.165, 1.54) is 0 Å². The van der Waals surface area contributed by atoms with Crippen LogP contribution in [0.2, 0.25) is 0 Å². The maximum atomic E-state index is 12.1. The third kappa shape index (κ3) is 11.1. The molecule has 0 aliphatic heterocycles. The number of carbonyl (C=O) groups is 2. The normalized spacial score (nSPS) is 15.0. The van der Waals surface area contributed by atoms with Crippen LogP contribution in [0.1, 0.15) is 74.7 Å². The van der Waals surface area contributed by atoms with Crippen LogP contribution in [0.25, 0.3) is 0 Å². The minimum absolute atomic E-state index is 0.326. The second-order valence-electron chi connectivity index (χ2n) is 7.82. The predicted molar refractivity (Wildman–Crippen MR) is 86.0 cm³/mol. The van der Waals surface area contributed by atoms with Crippen molar-refractivity contribution in [1.82, 2.24) is 0 Å². The predicted octanol–water partition coefficient (Wildman–Crippen LogP) is 3.98. The number of hydrogen-bond acceptors (Lipinski definition) is 6. The van der Waals surface area contributed by atoms with E-state index in [4.69, 9.17) is 19.6 Å². The lowest BCUT2D eigenvalue weighted by Crippen LogP contribution is -2.29. The zero-order valence-corrected chi connectivity index (χ0v) is 15.7. The van der Waals surface area contributed by atoms with Gasteiger partial charge in [0.2, 0.25) is 0 Å². The van der Waals surface area contributed by atoms with Crippen molar-refractivity contribution in [2.45, 2.75) is 85.9 Å². The van der Waals surface area contributed by atoms with Crippen LogP contribution in [-0.4, -0.2) is 23.1 Å². The van der Waals surface area contributed by atoms with E-state index in [2.05, 4.69) is 0 Å². The van der Waals surface area contributed by atoms with Crippen molar-refractivity contribution in [2.75, 3.05) is 0 Å². The van der Waals surface area contributed by atoms with Gasteiger partial charge in [0.15, 0.2) is 0 Å². The van der Waals surface area contributed by atoms with Gasteiger partial charge in [-0.05, 0) is 54.4 Å². The van der Waals surface area contributed by atoms with E-state index in [1.54, 1.807) is 48.5 Å². The molecule has 6 nitrogen and oxygen atoms in total. The van der Waals surface area contributed by atoms with E-state index in [-0.39, 0.29) is 0 Å². The highest BCUT2D eigenvalue weighted by Crippen LogP contribution is 2.22. The number of carbonyl (C=O) groups excluding carboxylic acids is 2. The Morgan fingerprint density at radius 2 is 1.30 bits per heavy atom. The van der Waals surface area contributed by atoms with Gasteiger partial charge in [-0.15, -0.1) is 0 Å². The second-order valence-corrected chi connectivity index (χ2v) is 7.82. The molecule has 0 aliphatic carbocycles. The Hall–Kier alpha value is -1.14. The average molecular weight is 332 g/mol. The summed E-state index contributed by atoms with van der Waals surface area (Å²) in [5.41, 5.74) is -1.14. The molecule has 23 heavy (non-hydrogen) atoms. The van der Waals surface area contributed by atoms with Gasteiger partial charge in [-0.2, -0.15) is 9.78 Å². The van der Waals surface area contributed by atoms with Crippen LogP contribution in [0.4, 0.5) is 0 Å². The Morgan fingerprint density at radius 3 is 1.70 bits per heavy atom. The zero-order valence-electron chi connectivity index (χ0n) is 15.7. The van der Waals surface area contributed by atoms with Gasteiger partial charge >= 0.3 is 11.9 Å². The third-order valence-corrected chi connectivity index (χ3v) is 2.76. The first-order valence-electron chi connectivity index (χ1n) is 8.14. The molecule has 2 atom stereocenters. The first-order valence-corrected chi connectivity index (χ1v) is 8.14. The smallest absolute Gasteiger partial charge is 0.298 e. The number of rotatable bonds is 8. The highest BCUT2D eigenvalue weighted by Gasteiger charge is 2.29. The first-order chi connectivity index (χ1) is 10.4. The maximum Gasteiger partial charge on any atom is 0.345 e. The van der Waals surface area contributed by atoms with Gasteiger partial charge in [-0.3, -0.25) is 9.78 Å². The monoisotopic (exact) mass is 332 g/mol. The van der Waals surface area contributed by atoms with Gasteiger partial charge in [-0.25, -0.2) is 9.59 Å². The molecule has 0 fully saturated rings. The van der Waals surface area contributed by atoms with Crippen LogP contribution >= 0.6 is 0 Å². The van der Waals surface area contributed by atoms with Crippen molar-refractivity contribution in [1.29, 1.82) is 0 Å². The molecule has 2 unspecified atom stereocenters. The Kier molecular flexibility index (Phi) is 8.77. The topological polar surface area (TPSA) is 71.1 Å². The molecular weight excluding hydrogens is 300 g/mol. The number of hydrogen-bond donors (Lipinski definition) is 0. The summed E-state index contributed by atoms with van der Waals surface area (Å²) in [7, 11) is 0. The van der Waals surface area contributed by atoms with Crippen LogP contribution in [-0.2, 0) is 29.1 Å². The summed E-state index contributed by atoms with van der Waals surface area (Å²) >= 11 is 0. The summed E-state index contributed by atoms with van der Waals surface area (Å²) in [6, 6.07) is 0. The SMILES string of the molecule is CCCC(CC(C)C(=O)OOC(C)(C)C)C(=O)OOC(C)(C)C. The van der Waals surface area contributed by atoms with Crippen molar-refractivity contribution < 1.29 is 29.1 Å². The van der Waals surface area contributed by atoms with Crippen LogP contribution in [0.5, 0.6) is 0 Å². The maximum absolute atomic E-state index is 12.1. The van der Waals surface area contributed by atoms with E-state index in [1.807, 2.05) is 6.92 Å². The van der Waals surface area contributed by atoms with Crippen LogP contribution in [0.3, 0.4) is 0 Å². The molecule has 0 saturated carbocycles. The van der Waals surface area contributed by atoms with Crippen LogP contribution in [0, 0.1) is 11.8 Å². The van der Waals surface area contributed by atoms with Gasteiger partial charge in [0.25, 0.3) is 0 Å². The van der Waals surface area contributed by atoms with Gasteiger partial charge in [0, 0.05) is 0 Å². The fraction of sp³-hybridized carbons (Fsp3) is 0.882. The highest BCUT2D eigenvalue weighted by molar-refractivity contribution is 5.75. The molecule has 0 amide bonds. The summed E-state index contributed by atoms with van der Waals surface area (Å²) in [6.07, 6.45) is 1.74. The Morgan fingerprint density at radius 1 is 0.870 bits per heavy atom. The second kappa shape index (κ2) is 9.23. The molecule has 0 aliphatic rings.